The van der Waals surface area contributed by atoms with E-state index in [1.165, 1.54) is 12.1 Å². The Balaban J connectivity index is 0.00000423. The lowest BCUT2D eigenvalue weighted by Gasteiger charge is -2.26. The molecule has 10 nitrogen and oxygen atoms in total. The van der Waals surface area contributed by atoms with Crippen molar-refractivity contribution in [2.24, 2.45) is 11.5 Å². The van der Waals surface area contributed by atoms with Crippen molar-refractivity contribution in [3.63, 3.8) is 0 Å². The van der Waals surface area contributed by atoms with Gasteiger partial charge < -0.3 is 30.7 Å². The molecule has 43 heavy (non-hydrogen) atoms. The predicted octanol–water partition coefficient (Wildman–Crippen LogP) is 3.84. The van der Waals surface area contributed by atoms with Crippen molar-refractivity contribution in [2.45, 2.75) is 19.4 Å². The third-order valence-electron chi connectivity index (χ3n) is 7.78. The van der Waals surface area contributed by atoms with Crippen LogP contribution in [0.15, 0.2) is 48.6 Å². The molecule has 2 aliphatic rings. The highest BCUT2D eigenvalue weighted by atomic mass is 35.5. The molecule has 3 aromatic rings. The average Bonchev–Trinajstić information content (AvgIpc) is 3.39. The van der Waals surface area contributed by atoms with E-state index in [-0.39, 0.29) is 35.5 Å². The maximum atomic E-state index is 15.6. The topological polar surface area (TPSA) is 140 Å². The van der Waals surface area contributed by atoms with Crippen LogP contribution in [-0.4, -0.2) is 88.2 Å². The second-order valence-electron chi connectivity index (χ2n) is 10.8. The van der Waals surface area contributed by atoms with Crippen molar-refractivity contribution in [1.82, 2.24) is 29.5 Å². The summed E-state index contributed by atoms with van der Waals surface area (Å²) < 4.78 is 33.0. The number of aromatic nitrogens is 3. The summed E-state index contributed by atoms with van der Waals surface area (Å²) in [5.74, 6) is -0.159. The summed E-state index contributed by atoms with van der Waals surface area (Å²) in [5, 5.41) is 23.9. The van der Waals surface area contributed by atoms with Gasteiger partial charge in [0.2, 0.25) is 0 Å². The molecule has 13 heteroatoms. The summed E-state index contributed by atoms with van der Waals surface area (Å²) in [5.41, 5.74) is 15.3. The molecule has 0 saturated heterocycles. The highest BCUT2D eigenvalue weighted by Gasteiger charge is 2.23. The van der Waals surface area contributed by atoms with Gasteiger partial charge in [0.15, 0.2) is 23.6 Å². The zero-order chi connectivity index (χ0) is 30.0. The Bertz CT molecular complexity index is 1470. The highest BCUT2D eigenvalue weighted by Crippen LogP contribution is 2.32. The number of nitrogens with two attached hydrogens (primary N) is 2. The summed E-state index contributed by atoms with van der Waals surface area (Å²) >= 11 is 0. The number of benzene rings is 2. The number of nitrogens with one attached hydrogen (secondary N) is 2. The molecule has 0 bridgehead atoms. The quantitative estimate of drug-likeness (QED) is 0.235. The molecule has 0 radical (unpaired) electrons. The largest absolute Gasteiger partial charge is 0.370 e. The number of guanidine groups is 2. The first-order valence-electron chi connectivity index (χ1n) is 13.9. The van der Waals surface area contributed by atoms with Gasteiger partial charge in [-0.25, -0.2) is 8.78 Å². The highest BCUT2D eigenvalue weighted by molar-refractivity contribution is 5.85. The van der Waals surface area contributed by atoms with Gasteiger partial charge in [-0.05, 0) is 73.5 Å². The molecular formula is C30H37ClF2N10. The van der Waals surface area contributed by atoms with E-state index in [0.29, 0.717) is 63.8 Å². The van der Waals surface area contributed by atoms with Crippen molar-refractivity contribution in [2.75, 3.05) is 46.8 Å². The van der Waals surface area contributed by atoms with E-state index < -0.39 is 11.6 Å². The molecule has 3 heterocycles. The Kier molecular flexibility index (Phi) is 9.82. The standard InChI is InChI=1S/C30H36F2N10.ClH/c1-39(2)15-16-42-27(23-5-3-21(17-25(23)31)19-7-11-40(12-8-19)29(33)34)37-38-28(42)24-6-4-22(18-26(24)32)20-9-13-41(14-10-20)30(35)36;/h3-7,9,17-18H,8,10-16H2,1-2H3,(H3,33,34)(H3,35,36);1H. The molecular weight excluding hydrogens is 574 g/mol. The smallest absolute Gasteiger partial charge is 0.188 e. The van der Waals surface area contributed by atoms with Crippen LogP contribution >= 0.6 is 12.4 Å². The van der Waals surface area contributed by atoms with Crippen LogP contribution < -0.4 is 11.5 Å². The van der Waals surface area contributed by atoms with Crippen LogP contribution in [-0.2, 0) is 6.54 Å². The second kappa shape index (κ2) is 13.3. The van der Waals surface area contributed by atoms with Gasteiger partial charge in [0.25, 0.3) is 0 Å². The minimum Gasteiger partial charge on any atom is -0.370 e. The minimum absolute atomic E-state index is 0. The van der Waals surface area contributed by atoms with Crippen LogP contribution in [0, 0.1) is 22.5 Å². The lowest BCUT2D eigenvalue weighted by atomic mass is 9.97. The van der Waals surface area contributed by atoms with Gasteiger partial charge >= 0.3 is 0 Å². The van der Waals surface area contributed by atoms with Crippen molar-refractivity contribution in [1.29, 1.82) is 10.8 Å². The van der Waals surface area contributed by atoms with Crippen LogP contribution in [0.3, 0.4) is 0 Å². The Morgan fingerprint density at radius 2 is 1.26 bits per heavy atom. The fourth-order valence-electron chi connectivity index (χ4n) is 5.31. The summed E-state index contributed by atoms with van der Waals surface area (Å²) in [4.78, 5) is 5.50. The van der Waals surface area contributed by atoms with Crippen molar-refractivity contribution in [3.05, 3.63) is 71.3 Å². The first-order chi connectivity index (χ1) is 20.1. The molecule has 5 rings (SSSR count). The third kappa shape index (κ3) is 6.86. The van der Waals surface area contributed by atoms with Crippen molar-refractivity contribution < 1.29 is 8.78 Å². The van der Waals surface area contributed by atoms with Gasteiger partial charge in [-0.3, -0.25) is 10.8 Å². The van der Waals surface area contributed by atoms with Crippen molar-refractivity contribution >= 4 is 35.5 Å². The average molecular weight is 611 g/mol. The fraction of sp³-hybridized carbons (Fsp3) is 0.333. The maximum Gasteiger partial charge on any atom is 0.188 e. The summed E-state index contributed by atoms with van der Waals surface area (Å²) in [6.07, 6.45) is 5.24. The number of hydrogen-bond acceptors (Lipinski definition) is 5. The van der Waals surface area contributed by atoms with E-state index in [9.17, 15) is 0 Å². The van der Waals surface area contributed by atoms with Crippen LogP contribution in [0.5, 0.6) is 0 Å². The zero-order valence-corrected chi connectivity index (χ0v) is 25.1. The molecule has 0 aliphatic carbocycles. The Morgan fingerprint density at radius 3 is 1.58 bits per heavy atom. The van der Waals surface area contributed by atoms with Crippen LogP contribution in [0.4, 0.5) is 8.78 Å². The molecule has 228 valence electrons. The summed E-state index contributed by atoms with van der Waals surface area (Å²) in [7, 11) is 3.87. The molecule has 1 aromatic heterocycles. The molecule has 0 spiro atoms. The van der Waals surface area contributed by atoms with Gasteiger partial charge in [-0.2, -0.15) is 0 Å². The lowest BCUT2D eigenvalue weighted by Crippen LogP contribution is -2.39. The van der Waals surface area contributed by atoms with E-state index in [0.717, 1.165) is 22.3 Å². The monoisotopic (exact) mass is 610 g/mol. The Labute approximate surface area is 256 Å². The van der Waals surface area contributed by atoms with E-state index >= 15 is 8.78 Å². The molecule has 0 atom stereocenters. The fourth-order valence-corrected chi connectivity index (χ4v) is 5.31. The number of likely N-dealkylation sites (N-methyl/N-ethyl adjacent to an activating group) is 1. The van der Waals surface area contributed by atoms with E-state index in [4.69, 9.17) is 22.3 Å². The van der Waals surface area contributed by atoms with Crippen LogP contribution in [0.2, 0.25) is 0 Å². The number of rotatable bonds is 7. The summed E-state index contributed by atoms with van der Waals surface area (Å²) in [6.45, 7) is 3.28. The lowest BCUT2D eigenvalue weighted by molar-refractivity contribution is 0.385. The van der Waals surface area contributed by atoms with E-state index in [2.05, 4.69) is 10.2 Å². The predicted molar refractivity (Wildman–Crippen MR) is 169 cm³/mol. The third-order valence-corrected chi connectivity index (χ3v) is 7.78. The number of halogens is 3. The first kappa shape index (κ1) is 31.6. The normalized spacial score (nSPS) is 15.2. The minimum atomic E-state index is -0.438. The number of hydrogen-bond donors (Lipinski definition) is 4. The molecule has 0 unspecified atom stereocenters. The Morgan fingerprint density at radius 1 is 0.814 bits per heavy atom. The van der Waals surface area contributed by atoms with Gasteiger partial charge in [0.05, 0.1) is 11.1 Å². The SMILES string of the molecule is CN(C)CCn1c(-c2ccc(C3=CCN(C(=N)N)CC3)cc2F)nnc1-c1ccc(C2=CCN(C(=N)N)CC2)cc1F.Cl. The molecule has 0 amide bonds. The maximum absolute atomic E-state index is 15.6. The van der Waals surface area contributed by atoms with E-state index in [1.807, 2.05) is 43.3 Å². The second-order valence-corrected chi connectivity index (χ2v) is 10.8. The van der Waals surface area contributed by atoms with Gasteiger partial charge in [0.1, 0.15) is 11.6 Å². The van der Waals surface area contributed by atoms with Crippen LogP contribution in [0.1, 0.15) is 24.0 Å². The van der Waals surface area contributed by atoms with Gasteiger partial charge in [-0.15, -0.1) is 22.6 Å². The van der Waals surface area contributed by atoms with Gasteiger partial charge in [-0.1, -0.05) is 24.3 Å². The molecule has 2 aliphatic heterocycles. The molecule has 0 fully saturated rings. The molecule has 2 aromatic carbocycles. The molecule has 6 N–H and O–H groups in total. The van der Waals surface area contributed by atoms with Crippen molar-refractivity contribution in [3.8, 4) is 22.8 Å². The number of nitrogens with zero attached hydrogens (tertiary/aromatic N) is 6. The first-order valence-corrected chi connectivity index (χ1v) is 13.9. The Hall–Kier alpha value is -4.29. The van der Waals surface area contributed by atoms with E-state index in [1.54, 1.807) is 26.5 Å². The summed E-state index contributed by atoms with van der Waals surface area (Å²) in [6, 6.07) is 10.1. The van der Waals surface area contributed by atoms with Crippen LogP contribution in [0.25, 0.3) is 33.9 Å². The van der Waals surface area contributed by atoms with Gasteiger partial charge in [0, 0.05) is 39.3 Å². The molecule has 0 saturated carbocycles. The zero-order valence-electron chi connectivity index (χ0n) is 24.3.